The second kappa shape index (κ2) is 6.25. The number of terminal acetylenes is 1. The molecular weight excluding hydrogens is 324 g/mol. The number of ether oxygens (including phenoxy) is 1. The SMILES string of the molecule is C#C[C@@]1(OC(C)=O)CCC2C3CCC4=CC(=O)CCC4C3CCC21CC. The fourth-order valence-electron chi connectivity index (χ4n) is 7.36. The Morgan fingerprint density at radius 3 is 2.73 bits per heavy atom. The summed E-state index contributed by atoms with van der Waals surface area (Å²) in [5.74, 6) is 5.49. The van der Waals surface area contributed by atoms with Crippen LogP contribution in [0.4, 0.5) is 0 Å². The highest BCUT2D eigenvalue weighted by atomic mass is 16.6. The van der Waals surface area contributed by atoms with E-state index in [-0.39, 0.29) is 11.4 Å². The van der Waals surface area contributed by atoms with E-state index < -0.39 is 5.60 Å². The summed E-state index contributed by atoms with van der Waals surface area (Å²) in [6.45, 7) is 3.71. The number of ketones is 1. The normalized spacial score (nSPS) is 44.2. The van der Waals surface area contributed by atoms with E-state index in [1.54, 1.807) is 0 Å². The number of esters is 1. The molecule has 5 unspecified atom stereocenters. The molecule has 26 heavy (non-hydrogen) atoms. The molecule has 0 aliphatic heterocycles. The van der Waals surface area contributed by atoms with Gasteiger partial charge in [-0.15, -0.1) is 6.42 Å². The molecule has 6 atom stereocenters. The van der Waals surface area contributed by atoms with Crippen LogP contribution in [0.15, 0.2) is 11.6 Å². The van der Waals surface area contributed by atoms with E-state index >= 15 is 0 Å². The first-order valence-corrected chi connectivity index (χ1v) is 10.4. The van der Waals surface area contributed by atoms with Gasteiger partial charge in [0.2, 0.25) is 0 Å². The lowest BCUT2D eigenvalue weighted by molar-refractivity contribution is -0.170. The molecule has 3 fully saturated rings. The Balaban J connectivity index is 1.68. The van der Waals surface area contributed by atoms with Crippen molar-refractivity contribution in [3.63, 3.8) is 0 Å². The minimum Gasteiger partial charge on any atom is -0.445 e. The van der Waals surface area contributed by atoms with E-state index in [9.17, 15) is 9.59 Å². The van der Waals surface area contributed by atoms with E-state index in [0.717, 1.165) is 51.4 Å². The zero-order chi connectivity index (χ0) is 18.5. The molecule has 0 saturated heterocycles. The van der Waals surface area contributed by atoms with Crippen LogP contribution in [0.2, 0.25) is 0 Å². The third-order valence-electron chi connectivity index (χ3n) is 8.30. The van der Waals surface area contributed by atoms with Crippen molar-refractivity contribution in [2.75, 3.05) is 0 Å². The fourth-order valence-corrected chi connectivity index (χ4v) is 7.36. The summed E-state index contributed by atoms with van der Waals surface area (Å²) in [5.41, 5.74) is 0.620. The highest BCUT2D eigenvalue weighted by molar-refractivity contribution is 5.91. The largest absolute Gasteiger partial charge is 0.445 e. The summed E-state index contributed by atoms with van der Waals surface area (Å²) in [7, 11) is 0. The van der Waals surface area contributed by atoms with Gasteiger partial charge in [0.15, 0.2) is 11.4 Å². The lowest BCUT2D eigenvalue weighted by Gasteiger charge is -2.56. The molecule has 0 bridgehead atoms. The maximum absolute atomic E-state index is 11.8. The number of hydrogen-bond donors (Lipinski definition) is 0. The van der Waals surface area contributed by atoms with Crippen LogP contribution < -0.4 is 0 Å². The quantitative estimate of drug-likeness (QED) is 0.543. The number of fused-ring (bicyclic) bond motifs is 5. The van der Waals surface area contributed by atoms with Crippen molar-refractivity contribution in [3.8, 4) is 12.3 Å². The van der Waals surface area contributed by atoms with Gasteiger partial charge in [-0.3, -0.25) is 9.59 Å². The van der Waals surface area contributed by atoms with Gasteiger partial charge in [0.1, 0.15) is 0 Å². The predicted molar refractivity (Wildman–Crippen MR) is 100 cm³/mol. The molecule has 3 heteroatoms. The monoisotopic (exact) mass is 354 g/mol. The number of carbonyl (C=O) groups is 2. The van der Waals surface area contributed by atoms with Crippen LogP contribution in [0.5, 0.6) is 0 Å². The number of carbonyl (C=O) groups excluding carboxylic acids is 2. The Morgan fingerprint density at radius 1 is 1.23 bits per heavy atom. The highest BCUT2D eigenvalue weighted by Crippen LogP contribution is 2.67. The Labute approximate surface area is 156 Å². The van der Waals surface area contributed by atoms with Crippen molar-refractivity contribution in [3.05, 3.63) is 11.6 Å². The predicted octanol–water partition coefficient (Wildman–Crippen LogP) is 4.45. The lowest BCUT2D eigenvalue weighted by Crippen LogP contribution is -2.55. The van der Waals surface area contributed by atoms with Gasteiger partial charge in [-0.2, -0.15) is 0 Å². The molecule has 3 nitrogen and oxygen atoms in total. The second-order valence-electron chi connectivity index (χ2n) is 8.96. The summed E-state index contributed by atoms with van der Waals surface area (Å²) >= 11 is 0. The highest BCUT2D eigenvalue weighted by Gasteiger charge is 2.65. The van der Waals surface area contributed by atoms with Crippen molar-refractivity contribution in [2.45, 2.75) is 77.2 Å². The van der Waals surface area contributed by atoms with Gasteiger partial charge in [-0.25, -0.2) is 0 Å². The Hall–Kier alpha value is -1.56. The van der Waals surface area contributed by atoms with E-state index in [4.69, 9.17) is 11.2 Å². The summed E-state index contributed by atoms with van der Waals surface area (Å²) < 4.78 is 5.88. The standard InChI is InChI=1S/C23H30O3/c1-4-22-12-10-19-18-9-7-17(25)14-16(18)6-8-20(19)21(22)11-13-23(22,5-2)26-15(3)24/h2,14,18-21H,4,6-13H2,1,3H3/t18?,19?,20?,21?,22?,23-/m1/s1. The zero-order valence-corrected chi connectivity index (χ0v) is 16.1. The first-order valence-electron chi connectivity index (χ1n) is 10.4. The van der Waals surface area contributed by atoms with E-state index in [1.807, 2.05) is 6.08 Å². The molecule has 140 valence electrons. The smallest absolute Gasteiger partial charge is 0.304 e. The Kier molecular flexibility index (Phi) is 4.29. The van der Waals surface area contributed by atoms with Gasteiger partial charge in [0.05, 0.1) is 0 Å². The van der Waals surface area contributed by atoms with E-state index in [0.29, 0.717) is 35.9 Å². The molecule has 0 N–H and O–H groups in total. The van der Waals surface area contributed by atoms with E-state index in [1.165, 1.54) is 12.5 Å². The van der Waals surface area contributed by atoms with Gasteiger partial charge in [0.25, 0.3) is 0 Å². The fraction of sp³-hybridized carbons (Fsp3) is 0.739. The van der Waals surface area contributed by atoms with Gasteiger partial charge >= 0.3 is 5.97 Å². The average molecular weight is 354 g/mol. The van der Waals surface area contributed by atoms with Crippen LogP contribution in [0.25, 0.3) is 0 Å². The minimum absolute atomic E-state index is 0.0692. The zero-order valence-electron chi connectivity index (χ0n) is 16.1. The van der Waals surface area contributed by atoms with Crippen LogP contribution in [-0.4, -0.2) is 17.4 Å². The Bertz CT molecular complexity index is 699. The van der Waals surface area contributed by atoms with Crippen LogP contribution in [0.1, 0.15) is 71.6 Å². The topological polar surface area (TPSA) is 43.4 Å². The third-order valence-corrected chi connectivity index (χ3v) is 8.30. The van der Waals surface area contributed by atoms with Gasteiger partial charge < -0.3 is 4.74 Å². The summed E-state index contributed by atoms with van der Waals surface area (Å²) in [6, 6.07) is 0. The molecule has 0 heterocycles. The molecule has 4 aliphatic rings. The molecule has 0 amide bonds. The van der Waals surface area contributed by atoms with Crippen LogP contribution >= 0.6 is 0 Å². The van der Waals surface area contributed by atoms with Crippen molar-refractivity contribution >= 4 is 11.8 Å². The van der Waals surface area contributed by atoms with Gasteiger partial charge in [-0.1, -0.05) is 18.4 Å². The van der Waals surface area contributed by atoms with Crippen molar-refractivity contribution in [1.82, 2.24) is 0 Å². The molecule has 4 aliphatic carbocycles. The van der Waals surface area contributed by atoms with Crippen molar-refractivity contribution < 1.29 is 14.3 Å². The van der Waals surface area contributed by atoms with Crippen LogP contribution in [0, 0.1) is 41.4 Å². The molecule has 0 spiro atoms. The maximum Gasteiger partial charge on any atom is 0.304 e. The van der Waals surface area contributed by atoms with E-state index in [2.05, 4.69) is 12.8 Å². The number of allylic oxidation sites excluding steroid dienone is 1. The second-order valence-corrected chi connectivity index (χ2v) is 8.96. The number of rotatable bonds is 2. The molecule has 0 aromatic heterocycles. The molecule has 3 saturated carbocycles. The van der Waals surface area contributed by atoms with Gasteiger partial charge in [-0.05, 0) is 81.1 Å². The average Bonchev–Trinajstić information content (AvgIpc) is 2.95. The summed E-state index contributed by atoms with van der Waals surface area (Å²) in [4.78, 5) is 23.7. The minimum atomic E-state index is -0.720. The molecule has 4 rings (SSSR count). The molecular formula is C23H30O3. The number of hydrogen-bond acceptors (Lipinski definition) is 3. The van der Waals surface area contributed by atoms with Crippen molar-refractivity contribution in [2.24, 2.45) is 29.1 Å². The summed E-state index contributed by atoms with van der Waals surface area (Å²) in [6.07, 6.45) is 17.0. The first kappa shape index (κ1) is 17.8. The van der Waals surface area contributed by atoms with Crippen LogP contribution in [0.3, 0.4) is 0 Å². The van der Waals surface area contributed by atoms with Gasteiger partial charge in [0, 0.05) is 18.8 Å². The van der Waals surface area contributed by atoms with Crippen molar-refractivity contribution in [1.29, 1.82) is 0 Å². The first-order chi connectivity index (χ1) is 12.5. The Morgan fingerprint density at radius 2 is 2.04 bits per heavy atom. The maximum atomic E-state index is 11.8. The third kappa shape index (κ3) is 2.34. The molecule has 0 aromatic carbocycles. The summed E-state index contributed by atoms with van der Waals surface area (Å²) in [5, 5.41) is 0. The lowest BCUT2D eigenvalue weighted by atomic mass is 9.49. The molecule has 0 radical (unpaired) electrons. The van der Waals surface area contributed by atoms with Crippen LogP contribution in [-0.2, 0) is 14.3 Å². The molecule has 0 aromatic rings.